The first-order valence-electron chi connectivity index (χ1n) is 4.69. The quantitative estimate of drug-likeness (QED) is 0.602. The standard InChI is InChI=1S/C12H12O5/c13-10-4-3-8-16-6-1-2-7-17-9-5-11(14)12(10)15/h1-9,13-15H/b6-1-,7-2-,8-3-,9-5-,10-4+,12-11-. The van der Waals surface area contributed by atoms with Crippen LogP contribution in [-0.4, -0.2) is 15.3 Å². The Kier molecular flexibility index (Phi) is 5.03. The maximum atomic E-state index is 9.35. The van der Waals surface area contributed by atoms with Gasteiger partial charge in [0.15, 0.2) is 17.3 Å². The van der Waals surface area contributed by atoms with Crippen LogP contribution < -0.4 is 0 Å². The van der Waals surface area contributed by atoms with Gasteiger partial charge in [0, 0.05) is 6.08 Å². The molecule has 17 heavy (non-hydrogen) atoms. The number of ether oxygens (including phenoxy) is 2. The van der Waals surface area contributed by atoms with Gasteiger partial charge in [0.1, 0.15) is 0 Å². The van der Waals surface area contributed by atoms with Gasteiger partial charge in [0.25, 0.3) is 0 Å². The van der Waals surface area contributed by atoms with Crippen molar-refractivity contribution in [1.82, 2.24) is 0 Å². The van der Waals surface area contributed by atoms with Gasteiger partial charge in [-0.3, -0.25) is 0 Å². The second kappa shape index (κ2) is 6.84. The Morgan fingerprint density at radius 1 is 0.765 bits per heavy atom. The van der Waals surface area contributed by atoms with Crippen LogP contribution in [0.1, 0.15) is 0 Å². The third-order valence-electron chi connectivity index (χ3n) is 1.63. The summed E-state index contributed by atoms with van der Waals surface area (Å²) >= 11 is 0. The molecule has 1 heterocycles. The van der Waals surface area contributed by atoms with Gasteiger partial charge in [-0.1, -0.05) is 0 Å². The number of rotatable bonds is 0. The fraction of sp³-hybridized carbons (Fsp3) is 0. The van der Waals surface area contributed by atoms with Gasteiger partial charge in [-0.25, -0.2) is 0 Å². The van der Waals surface area contributed by atoms with E-state index in [1.54, 1.807) is 12.2 Å². The number of allylic oxidation sites excluding steroid dienone is 5. The maximum Gasteiger partial charge on any atom is 0.200 e. The highest BCUT2D eigenvalue weighted by atomic mass is 16.5. The molecule has 1 rings (SSSR count). The van der Waals surface area contributed by atoms with E-state index >= 15 is 0 Å². The van der Waals surface area contributed by atoms with Crippen LogP contribution in [0.5, 0.6) is 0 Å². The summed E-state index contributed by atoms with van der Waals surface area (Å²) in [7, 11) is 0. The topological polar surface area (TPSA) is 79.2 Å². The first-order valence-corrected chi connectivity index (χ1v) is 4.69. The molecule has 0 amide bonds. The summed E-state index contributed by atoms with van der Waals surface area (Å²) in [6, 6.07) is 0. The van der Waals surface area contributed by atoms with Gasteiger partial charge >= 0.3 is 0 Å². The van der Waals surface area contributed by atoms with Gasteiger partial charge in [-0.2, -0.15) is 0 Å². The summed E-state index contributed by atoms with van der Waals surface area (Å²) < 4.78 is 9.73. The first kappa shape index (κ1) is 12.5. The molecule has 3 N–H and O–H groups in total. The van der Waals surface area contributed by atoms with Crippen molar-refractivity contribution in [2.75, 3.05) is 0 Å². The van der Waals surface area contributed by atoms with Crippen LogP contribution >= 0.6 is 0 Å². The zero-order valence-corrected chi connectivity index (χ0v) is 8.85. The minimum absolute atomic E-state index is 0.497. The van der Waals surface area contributed by atoms with E-state index in [9.17, 15) is 15.3 Å². The summed E-state index contributed by atoms with van der Waals surface area (Å²) in [6.45, 7) is 0. The molecule has 0 spiro atoms. The third-order valence-corrected chi connectivity index (χ3v) is 1.63. The number of aliphatic hydroxyl groups is 3. The molecule has 90 valence electrons. The lowest BCUT2D eigenvalue weighted by Gasteiger charge is -1.99. The molecule has 0 fully saturated rings. The molecule has 5 nitrogen and oxygen atoms in total. The Morgan fingerprint density at radius 3 is 2.06 bits per heavy atom. The maximum absolute atomic E-state index is 9.35. The SMILES string of the molecule is OC1=C(O)/C(O)=C\C=C/O/C=C\C=C/O/C=C\1. The van der Waals surface area contributed by atoms with Gasteiger partial charge in [0.2, 0.25) is 0 Å². The van der Waals surface area contributed by atoms with Crippen molar-refractivity contribution in [3.8, 4) is 0 Å². The van der Waals surface area contributed by atoms with E-state index in [0.717, 1.165) is 18.4 Å². The average molecular weight is 236 g/mol. The van der Waals surface area contributed by atoms with E-state index in [0.29, 0.717) is 0 Å². The lowest BCUT2D eigenvalue weighted by Crippen LogP contribution is -1.92. The van der Waals surface area contributed by atoms with Crippen LogP contribution in [0.2, 0.25) is 0 Å². The molecular weight excluding hydrogens is 224 g/mol. The first-order chi connectivity index (χ1) is 8.22. The summed E-state index contributed by atoms with van der Waals surface area (Å²) in [5.74, 6) is -1.68. The molecule has 0 aromatic heterocycles. The predicted molar refractivity (Wildman–Crippen MR) is 61.7 cm³/mol. The van der Waals surface area contributed by atoms with Crippen LogP contribution in [-0.2, 0) is 9.47 Å². The highest BCUT2D eigenvalue weighted by Gasteiger charge is 2.04. The van der Waals surface area contributed by atoms with E-state index in [-0.39, 0.29) is 0 Å². The summed E-state index contributed by atoms with van der Waals surface area (Å²) in [5, 5.41) is 28.0. The predicted octanol–water partition coefficient (Wildman–Crippen LogP) is 2.86. The third kappa shape index (κ3) is 4.65. The monoisotopic (exact) mass is 236 g/mol. The minimum atomic E-state index is -0.661. The molecule has 1 aliphatic heterocycles. The Labute approximate surface area is 98.2 Å². The molecule has 0 aliphatic carbocycles. The zero-order valence-electron chi connectivity index (χ0n) is 8.85. The molecule has 0 saturated carbocycles. The molecule has 0 bridgehead atoms. The lowest BCUT2D eigenvalue weighted by atomic mass is 10.3. The van der Waals surface area contributed by atoms with E-state index in [1.807, 2.05) is 0 Å². The Balaban J connectivity index is 2.94. The van der Waals surface area contributed by atoms with Crippen LogP contribution in [0, 0.1) is 0 Å². The fourth-order valence-corrected chi connectivity index (χ4v) is 0.841. The van der Waals surface area contributed by atoms with Crippen molar-refractivity contribution in [3.63, 3.8) is 0 Å². The van der Waals surface area contributed by atoms with Gasteiger partial charge in [-0.15, -0.1) is 0 Å². The molecule has 0 atom stereocenters. The minimum Gasteiger partial charge on any atom is -0.504 e. The van der Waals surface area contributed by atoms with Gasteiger partial charge < -0.3 is 24.8 Å². The summed E-state index contributed by atoms with van der Waals surface area (Å²) in [4.78, 5) is 0. The number of hydrogen-bond acceptors (Lipinski definition) is 5. The van der Waals surface area contributed by atoms with Crippen molar-refractivity contribution in [2.45, 2.75) is 0 Å². The molecule has 0 radical (unpaired) electrons. The molecular formula is C12H12O5. The average Bonchev–Trinajstić information content (AvgIpc) is 2.33. The van der Waals surface area contributed by atoms with E-state index in [2.05, 4.69) is 0 Å². The number of hydrogen-bond donors (Lipinski definition) is 3. The second-order valence-corrected chi connectivity index (χ2v) is 2.85. The van der Waals surface area contributed by atoms with Crippen molar-refractivity contribution >= 4 is 0 Å². The van der Waals surface area contributed by atoms with Crippen molar-refractivity contribution in [3.05, 3.63) is 72.7 Å². The Morgan fingerprint density at radius 2 is 1.35 bits per heavy atom. The smallest absolute Gasteiger partial charge is 0.200 e. The summed E-state index contributed by atoms with van der Waals surface area (Å²) in [6.07, 6.45) is 11.9. The zero-order chi connectivity index (χ0) is 12.5. The van der Waals surface area contributed by atoms with Crippen LogP contribution in [0.4, 0.5) is 0 Å². The molecule has 1 aliphatic rings. The van der Waals surface area contributed by atoms with E-state index < -0.39 is 17.3 Å². The molecule has 0 unspecified atom stereocenters. The normalized spacial score (nSPS) is 31.9. The Bertz CT molecular complexity index is 424. The molecule has 5 heteroatoms. The van der Waals surface area contributed by atoms with E-state index in [4.69, 9.17) is 9.47 Å². The summed E-state index contributed by atoms with van der Waals surface area (Å²) in [5.41, 5.74) is 0. The molecule has 0 aromatic carbocycles. The van der Waals surface area contributed by atoms with Crippen molar-refractivity contribution in [2.24, 2.45) is 0 Å². The van der Waals surface area contributed by atoms with Gasteiger partial charge in [-0.05, 0) is 24.3 Å². The van der Waals surface area contributed by atoms with Crippen LogP contribution in [0.15, 0.2) is 72.7 Å². The number of aliphatic hydroxyl groups excluding tert-OH is 3. The van der Waals surface area contributed by atoms with Crippen molar-refractivity contribution in [1.29, 1.82) is 0 Å². The molecule has 0 aromatic rings. The molecule has 0 saturated heterocycles. The highest BCUT2D eigenvalue weighted by molar-refractivity contribution is 5.28. The van der Waals surface area contributed by atoms with E-state index in [1.165, 1.54) is 24.9 Å². The van der Waals surface area contributed by atoms with Crippen LogP contribution in [0.25, 0.3) is 0 Å². The largest absolute Gasteiger partial charge is 0.504 e. The second-order valence-electron chi connectivity index (χ2n) is 2.85. The lowest BCUT2D eigenvalue weighted by molar-refractivity contribution is 0.289. The van der Waals surface area contributed by atoms with Crippen LogP contribution in [0.3, 0.4) is 0 Å². The fourth-order valence-electron chi connectivity index (χ4n) is 0.841. The highest BCUT2D eigenvalue weighted by Crippen LogP contribution is 2.09. The Hall–Kier alpha value is -2.56. The van der Waals surface area contributed by atoms with Gasteiger partial charge in [0.05, 0.1) is 25.0 Å². The van der Waals surface area contributed by atoms with Crippen molar-refractivity contribution < 1.29 is 24.8 Å².